The summed E-state index contributed by atoms with van der Waals surface area (Å²) in [5.41, 5.74) is 15.2. The van der Waals surface area contributed by atoms with Crippen molar-refractivity contribution in [3.05, 3.63) is 39.8 Å². The minimum atomic E-state index is 0.334. The average Bonchev–Trinajstić information content (AvgIpc) is 2.30. The molecule has 0 aliphatic rings. The van der Waals surface area contributed by atoms with Crippen molar-refractivity contribution in [3.63, 3.8) is 0 Å². The summed E-state index contributed by atoms with van der Waals surface area (Å²) >= 11 is 0. The Morgan fingerprint density at radius 2 is 2.25 bits per heavy atom. The van der Waals surface area contributed by atoms with E-state index in [0.717, 1.165) is 0 Å². The van der Waals surface area contributed by atoms with Gasteiger partial charge >= 0.3 is 0 Å². The minimum absolute atomic E-state index is 0.334. The molecule has 1 rings (SSSR count). The summed E-state index contributed by atoms with van der Waals surface area (Å²) < 4.78 is 0. The molecule has 0 saturated heterocycles. The number of hydrogen-bond donors (Lipinski definition) is 1. The van der Waals surface area contributed by atoms with Gasteiger partial charge < -0.3 is 5.73 Å². The Morgan fingerprint density at radius 3 is 2.94 bits per heavy atom. The van der Waals surface area contributed by atoms with Crippen LogP contribution < -0.4 is 5.73 Å². The van der Waals surface area contributed by atoms with Gasteiger partial charge in [0.15, 0.2) is 0 Å². The molecule has 2 N–H and O–H groups in total. The molecule has 0 aromatic heterocycles. The number of nitriles is 1. The van der Waals surface area contributed by atoms with E-state index in [1.807, 2.05) is 6.07 Å². The van der Waals surface area contributed by atoms with Crippen LogP contribution in [0.5, 0.6) is 0 Å². The van der Waals surface area contributed by atoms with Gasteiger partial charge in [-0.1, -0.05) is 17.0 Å². The molecule has 0 atom stereocenters. The maximum Gasteiger partial charge on any atom is 0.101 e. The Labute approximate surface area is 93.1 Å². The van der Waals surface area contributed by atoms with Gasteiger partial charge in [-0.25, -0.2) is 0 Å². The molecule has 0 aliphatic carbocycles. The molecule has 78 valence electrons. The first-order valence-corrected chi connectivity index (χ1v) is 4.57. The van der Waals surface area contributed by atoms with E-state index in [2.05, 4.69) is 21.9 Å². The summed E-state index contributed by atoms with van der Waals surface area (Å²) in [6.07, 6.45) is 0.472. The van der Waals surface area contributed by atoms with E-state index in [-0.39, 0.29) is 0 Å². The van der Waals surface area contributed by atoms with Gasteiger partial charge in [-0.05, 0) is 23.7 Å². The van der Waals surface area contributed by atoms with Crippen LogP contribution in [-0.4, -0.2) is 6.54 Å². The molecule has 16 heavy (non-hydrogen) atoms. The minimum Gasteiger partial charge on any atom is -0.399 e. The molecule has 0 bridgehead atoms. The van der Waals surface area contributed by atoms with Gasteiger partial charge in [0.25, 0.3) is 0 Å². The lowest BCUT2D eigenvalue weighted by Crippen LogP contribution is -1.89. The fraction of sp³-hybridized carbons (Fsp3) is 0.182. The van der Waals surface area contributed by atoms with Crippen LogP contribution >= 0.6 is 0 Å². The van der Waals surface area contributed by atoms with Crippen molar-refractivity contribution in [2.75, 3.05) is 12.3 Å². The smallest absolute Gasteiger partial charge is 0.101 e. The van der Waals surface area contributed by atoms with Crippen molar-refractivity contribution in [2.45, 2.75) is 6.42 Å². The number of nitrogens with two attached hydrogens (primary N) is 1. The molecule has 5 nitrogen and oxygen atoms in total. The van der Waals surface area contributed by atoms with Gasteiger partial charge in [0.2, 0.25) is 0 Å². The Balaban J connectivity index is 2.81. The van der Waals surface area contributed by atoms with E-state index in [1.54, 1.807) is 18.2 Å². The van der Waals surface area contributed by atoms with Crippen molar-refractivity contribution in [1.82, 2.24) is 0 Å². The Hall–Kier alpha value is -2.62. The summed E-state index contributed by atoms with van der Waals surface area (Å²) in [7, 11) is 0. The first-order valence-electron chi connectivity index (χ1n) is 4.57. The van der Waals surface area contributed by atoms with Gasteiger partial charge in [0.05, 0.1) is 5.56 Å². The number of nitrogens with zero attached hydrogens (tertiary/aromatic N) is 4. The quantitative estimate of drug-likeness (QED) is 0.202. The lowest BCUT2D eigenvalue weighted by molar-refractivity contribution is 1.01. The molecular weight excluding hydrogens is 202 g/mol. The van der Waals surface area contributed by atoms with E-state index in [1.165, 1.54) is 0 Å². The van der Waals surface area contributed by atoms with Crippen LogP contribution in [0.2, 0.25) is 0 Å². The topological polar surface area (TPSA) is 98.6 Å². The molecule has 1 aromatic rings. The number of anilines is 1. The normalized spacial score (nSPS) is 8.19. The highest BCUT2D eigenvalue weighted by Crippen LogP contribution is 2.11. The second-order valence-electron chi connectivity index (χ2n) is 2.92. The van der Waals surface area contributed by atoms with Crippen LogP contribution in [0.3, 0.4) is 0 Å². The first-order chi connectivity index (χ1) is 7.77. The molecule has 0 radical (unpaired) electrons. The summed E-state index contributed by atoms with van der Waals surface area (Å²) in [5, 5.41) is 12.2. The largest absolute Gasteiger partial charge is 0.399 e. The van der Waals surface area contributed by atoms with Crippen molar-refractivity contribution >= 4 is 5.69 Å². The lowest BCUT2D eigenvalue weighted by Gasteiger charge is -1.96. The van der Waals surface area contributed by atoms with Crippen LogP contribution in [0.1, 0.15) is 17.5 Å². The van der Waals surface area contributed by atoms with Crippen molar-refractivity contribution in [2.24, 2.45) is 5.11 Å². The van der Waals surface area contributed by atoms with Crippen LogP contribution in [0.25, 0.3) is 10.4 Å². The third-order valence-electron chi connectivity index (χ3n) is 1.79. The zero-order valence-electron chi connectivity index (χ0n) is 8.51. The fourth-order valence-electron chi connectivity index (χ4n) is 1.07. The highest BCUT2D eigenvalue weighted by molar-refractivity contribution is 5.55. The number of rotatable bonds is 2. The second kappa shape index (κ2) is 5.98. The highest BCUT2D eigenvalue weighted by Gasteiger charge is 1.98. The van der Waals surface area contributed by atoms with E-state index in [4.69, 9.17) is 16.5 Å². The standard InChI is InChI=1S/C11H9N5/c12-8-10-7-11(13)5-4-9(10)3-1-2-6-15-16-14/h4-5,7H,2,6,13H2. The van der Waals surface area contributed by atoms with Crippen molar-refractivity contribution in [1.29, 1.82) is 5.26 Å². The zero-order chi connectivity index (χ0) is 11.8. The number of nitrogen functional groups attached to an aromatic ring is 1. The maximum absolute atomic E-state index is 8.84. The molecular formula is C11H9N5. The fourth-order valence-corrected chi connectivity index (χ4v) is 1.07. The molecule has 0 saturated carbocycles. The van der Waals surface area contributed by atoms with Gasteiger partial charge in [-0.15, -0.1) is 0 Å². The zero-order valence-corrected chi connectivity index (χ0v) is 8.51. The van der Waals surface area contributed by atoms with Crippen LogP contribution in [0.4, 0.5) is 5.69 Å². The summed E-state index contributed by atoms with van der Waals surface area (Å²) in [4.78, 5) is 2.61. The lowest BCUT2D eigenvalue weighted by atomic mass is 10.1. The summed E-state index contributed by atoms with van der Waals surface area (Å²) in [5.74, 6) is 5.66. The Morgan fingerprint density at radius 1 is 1.44 bits per heavy atom. The van der Waals surface area contributed by atoms with Crippen LogP contribution in [0, 0.1) is 23.2 Å². The van der Waals surface area contributed by atoms with Gasteiger partial charge in [0, 0.05) is 29.1 Å². The van der Waals surface area contributed by atoms with Crippen molar-refractivity contribution < 1.29 is 0 Å². The molecule has 5 heteroatoms. The molecule has 0 spiro atoms. The molecule has 0 aliphatic heterocycles. The summed E-state index contributed by atoms with van der Waals surface area (Å²) in [6, 6.07) is 7.00. The average molecular weight is 211 g/mol. The number of hydrogen-bond acceptors (Lipinski definition) is 3. The highest BCUT2D eigenvalue weighted by atomic mass is 15.1. The van der Waals surface area contributed by atoms with Crippen LogP contribution in [0.15, 0.2) is 23.3 Å². The van der Waals surface area contributed by atoms with Gasteiger partial charge in [0.1, 0.15) is 6.07 Å². The monoisotopic (exact) mass is 211 g/mol. The molecule has 0 heterocycles. The van der Waals surface area contributed by atoms with Gasteiger partial charge in [-0.3, -0.25) is 0 Å². The van der Waals surface area contributed by atoms with E-state index < -0.39 is 0 Å². The third kappa shape index (κ3) is 3.26. The predicted molar refractivity (Wildman–Crippen MR) is 61.1 cm³/mol. The SMILES string of the molecule is N#Cc1cc(N)ccc1C#CCCN=[N+]=[N-]. The Kier molecular flexibility index (Phi) is 4.28. The second-order valence-corrected chi connectivity index (χ2v) is 2.92. The van der Waals surface area contributed by atoms with E-state index in [9.17, 15) is 0 Å². The molecule has 0 unspecified atom stereocenters. The van der Waals surface area contributed by atoms with Crippen molar-refractivity contribution in [3.8, 4) is 17.9 Å². The van der Waals surface area contributed by atoms with E-state index in [0.29, 0.717) is 29.8 Å². The number of azide groups is 1. The number of benzene rings is 1. The van der Waals surface area contributed by atoms with Gasteiger partial charge in [-0.2, -0.15) is 5.26 Å². The summed E-state index contributed by atoms with van der Waals surface area (Å²) in [6.45, 7) is 0.334. The molecule has 0 amide bonds. The first kappa shape index (κ1) is 11.5. The van der Waals surface area contributed by atoms with E-state index >= 15 is 0 Å². The Bertz CT molecular complexity index is 524. The molecule has 0 fully saturated rings. The third-order valence-corrected chi connectivity index (χ3v) is 1.79. The maximum atomic E-state index is 8.84. The van der Waals surface area contributed by atoms with Crippen LogP contribution in [-0.2, 0) is 0 Å². The molecule has 1 aromatic carbocycles. The predicted octanol–water partition coefficient (Wildman–Crippen LogP) is 2.19.